The van der Waals surface area contributed by atoms with E-state index in [-0.39, 0.29) is 0 Å². The molecule has 0 radical (unpaired) electrons. The highest BCUT2D eigenvalue weighted by Crippen LogP contribution is 2.29. The molecule has 3 aromatic carbocycles. The van der Waals surface area contributed by atoms with E-state index < -0.39 is 0 Å². The van der Waals surface area contributed by atoms with Gasteiger partial charge in [-0.3, -0.25) is 9.59 Å². The SMILES string of the molecule is CCCCCCCCCOc1ccc(-c2ccc(-c3ccc(C)c(C=O)c3)cc2)cc1C=O. The van der Waals surface area contributed by atoms with Gasteiger partial charge in [-0.1, -0.05) is 87.9 Å². The Bertz CT molecular complexity index is 1050. The fourth-order valence-corrected chi connectivity index (χ4v) is 3.99. The minimum Gasteiger partial charge on any atom is -0.493 e. The van der Waals surface area contributed by atoms with Crippen molar-refractivity contribution in [2.24, 2.45) is 0 Å². The van der Waals surface area contributed by atoms with Crippen molar-refractivity contribution in [3.8, 4) is 28.0 Å². The van der Waals surface area contributed by atoms with Crippen molar-refractivity contribution in [3.05, 3.63) is 77.4 Å². The molecule has 0 fully saturated rings. The minimum absolute atomic E-state index is 0.577. The number of hydrogen-bond donors (Lipinski definition) is 0. The molecule has 3 nitrogen and oxygen atoms in total. The lowest BCUT2D eigenvalue weighted by Gasteiger charge is -2.11. The maximum Gasteiger partial charge on any atom is 0.153 e. The third-order valence-corrected chi connectivity index (χ3v) is 6.10. The van der Waals surface area contributed by atoms with Crippen LogP contribution in [0, 0.1) is 6.92 Å². The molecule has 0 aliphatic rings. The van der Waals surface area contributed by atoms with Crippen molar-refractivity contribution in [1.82, 2.24) is 0 Å². The number of benzene rings is 3. The smallest absolute Gasteiger partial charge is 0.153 e. The summed E-state index contributed by atoms with van der Waals surface area (Å²) in [5.74, 6) is 0.650. The lowest BCUT2D eigenvalue weighted by atomic mass is 9.97. The molecule has 0 bridgehead atoms. The molecule has 0 aliphatic carbocycles. The van der Waals surface area contributed by atoms with Crippen LogP contribution in [0.1, 0.15) is 78.1 Å². The van der Waals surface area contributed by atoms with E-state index in [0.29, 0.717) is 23.5 Å². The second kappa shape index (κ2) is 12.7. The van der Waals surface area contributed by atoms with Gasteiger partial charge in [0.25, 0.3) is 0 Å². The molecule has 172 valence electrons. The van der Waals surface area contributed by atoms with Crippen molar-refractivity contribution in [3.63, 3.8) is 0 Å². The minimum atomic E-state index is 0.577. The van der Waals surface area contributed by atoms with Crippen molar-refractivity contribution < 1.29 is 14.3 Å². The molecule has 0 spiro atoms. The Morgan fingerprint density at radius 3 is 1.76 bits per heavy atom. The molecule has 0 atom stereocenters. The highest BCUT2D eigenvalue weighted by Gasteiger charge is 2.08. The van der Waals surface area contributed by atoms with E-state index in [0.717, 1.165) is 46.8 Å². The van der Waals surface area contributed by atoms with Crippen LogP contribution in [-0.2, 0) is 0 Å². The van der Waals surface area contributed by atoms with Crippen LogP contribution in [0.2, 0.25) is 0 Å². The average Bonchev–Trinajstić information content (AvgIpc) is 2.86. The van der Waals surface area contributed by atoms with Gasteiger partial charge in [-0.2, -0.15) is 0 Å². The second-order valence-electron chi connectivity index (χ2n) is 8.61. The number of carbonyl (C=O) groups excluding carboxylic acids is 2. The van der Waals surface area contributed by atoms with E-state index in [1.165, 1.54) is 38.5 Å². The molecule has 0 unspecified atom stereocenters. The van der Waals surface area contributed by atoms with Crippen LogP contribution >= 0.6 is 0 Å². The maximum atomic E-state index is 11.7. The molecule has 3 aromatic rings. The van der Waals surface area contributed by atoms with E-state index in [4.69, 9.17) is 4.74 Å². The lowest BCUT2D eigenvalue weighted by Crippen LogP contribution is -2.00. The summed E-state index contributed by atoms with van der Waals surface area (Å²) < 4.78 is 5.90. The zero-order valence-electron chi connectivity index (χ0n) is 19.8. The maximum absolute atomic E-state index is 11.7. The van der Waals surface area contributed by atoms with Gasteiger partial charge in [-0.05, 0) is 59.4 Å². The van der Waals surface area contributed by atoms with E-state index in [9.17, 15) is 9.59 Å². The van der Waals surface area contributed by atoms with Crippen LogP contribution in [0.15, 0.2) is 60.7 Å². The Morgan fingerprint density at radius 2 is 1.15 bits per heavy atom. The Kier molecular flexibility index (Phi) is 9.44. The molecule has 0 aromatic heterocycles. The normalized spacial score (nSPS) is 10.7. The first-order chi connectivity index (χ1) is 16.2. The predicted octanol–water partition coefficient (Wildman–Crippen LogP) is 8.08. The number of unbranched alkanes of at least 4 members (excludes halogenated alkanes) is 6. The molecule has 3 heteroatoms. The van der Waals surface area contributed by atoms with Crippen LogP contribution in [-0.4, -0.2) is 19.2 Å². The third-order valence-electron chi connectivity index (χ3n) is 6.10. The van der Waals surface area contributed by atoms with Gasteiger partial charge in [-0.25, -0.2) is 0 Å². The number of aldehydes is 2. The fourth-order valence-electron chi connectivity index (χ4n) is 3.99. The Balaban J connectivity index is 1.62. The number of ether oxygens (including phenoxy) is 1. The van der Waals surface area contributed by atoms with E-state index in [1.807, 2.05) is 67.6 Å². The van der Waals surface area contributed by atoms with Crippen LogP contribution in [0.4, 0.5) is 0 Å². The summed E-state index contributed by atoms with van der Waals surface area (Å²) in [6.45, 7) is 4.81. The topological polar surface area (TPSA) is 43.4 Å². The highest BCUT2D eigenvalue weighted by molar-refractivity contribution is 5.84. The van der Waals surface area contributed by atoms with Gasteiger partial charge in [0.1, 0.15) is 12.0 Å². The van der Waals surface area contributed by atoms with Crippen LogP contribution in [0.3, 0.4) is 0 Å². The van der Waals surface area contributed by atoms with Crippen LogP contribution < -0.4 is 4.74 Å². The van der Waals surface area contributed by atoms with E-state index in [2.05, 4.69) is 6.92 Å². The quantitative estimate of drug-likeness (QED) is 0.198. The molecule has 33 heavy (non-hydrogen) atoms. The summed E-state index contributed by atoms with van der Waals surface area (Å²) in [4.78, 5) is 22.9. The standard InChI is InChI=1S/C30H34O3/c1-3-4-5-6-7-8-9-18-33-30-17-16-27(20-29(30)22-32)25-14-12-24(13-15-25)26-11-10-23(2)28(19-26)21-31/h10-17,19-22H,3-9,18H2,1-2H3. The molecular formula is C30H34O3. The second-order valence-corrected chi connectivity index (χ2v) is 8.61. The predicted molar refractivity (Wildman–Crippen MR) is 136 cm³/mol. The molecule has 0 amide bonds. The molecule has 0 heterocycles. The fraction of sp³-hybridized carbons (Fsp3) is 0.333. The highest BCUT2D eigenvalue weighted by atomic mass is 16.5. The summed E-state index contributed by atoms with van der Waals surface area (Å²) in [5.41, 5.74) is 6.32. The third kappa shape index (κ3) is 6.89. The molecule has 0 aliphatic heterocycles. The van der Waals surface area contributed by atoms with Crippen molar-refractivity contribution >= 4 is 12.6 Å². The Morgan fingerprint density at radius 1 is 0.636 bits per heavy atom. The summed E-state index contributed by atoms with van der Waals surface area (Å²) >= 11 is 0. The number of carbonyl (C=O) groups is 2. The number of rotatable bonds is 13. The van der Waals surface area contributed by atoms with Gasteiger partial charge < -0.3 is 4.74 Å². The van der Waals surface area contributed by atoms with Gasteiger partial charge in [0.05, 0.1) is 12.2 Å². The lowest BCUT2D eigenvalue weighted by molar-refractivity contribution is 0.111. The first-order valence-electron chi connectivity index (χ1n) is 12.0. The van der Waals surface area contributed by atoms with Gasteiger partial charge in [0, 0.05) is 5.56 Å². The van der Waals surface area contributed by atoms with Crippen molar-refractivity contribution in [1.29, 1.82) is 0 Å². The summed E-state index contributed by atoms with van der Waals surface area (Å²) in [6, 6.07) is 19.9. The number of aryl methyl sites for hydroxylation is 1. The largest absolute Gasteiger partial charge is 0.493 e. The molecular weight excluding hydrogens is 408 g/mol. The molecule has 0 N–H and O–H groups in total. The van der Waals surface area contributed by atoms with Gasteiger partial charge in [0.15, 0.2) is 6.29 Å². The van der Waals surface area contributed by atoms with Gasteiger partial charge >= 0.3 is 0 Å². The first kappa shape index (κ1) is 24.4. The average molecular weight is 443 g/mol. The van der Waals surface area contributed by atoms with Gasteiger partial charge in [0.2, 0.25) is 0 Å². The molecule has 3 rings (SSSR count). The van der Waals surface area contributed by atoms with E-state index in [1.54, 1.807) is 0 Å². The van der Waals surface area contributed by atoms with Crippen LogP contribution in [0.25, 0.3) is 22.3 Å². The van der Waals surface area contributed by atoms with Crippen LogP contribution in [0.5, 0.6) is 5.75 Å². The summed E-state index contributed by atoms with van der Waals surface area (Å²) in [6.07, 6.45) is 10.4. The monoisotopic (exact) mass is 442 g/mol. The zero-order chi connectivity index (χ0) is 23.5. The van der Waals surface area contributed by atoms with E-state index >= 15 is 0 Å². The van der Waals surface area contributed by atoms with Crippen molar-refractivity contribution in [2.45, 2.75) is 58.8 Å². The molecule has 0 saturated heterocycles. The Labute approximate surface area is 197 Å². The molecule has 0 saturated carbocycles. The Hall–Kier alpha value is -3.20. The summed E-state index contributed by atoms with van der Waals surface area (Å²) in [5, 5.41) is 0. The van der Waals surface area contributed by atoms with Gasteiger partial charge in [-0.15, -0.1) is 0 Å². The first-order valence-corrected chi connectivity index (χ1v) is 12.0. The zero-order valence-corrected chi connectivity index (χ0v) is 19.8. The van der Waals surface area contributed by atoms with Crippen molar-refractivity contribution in [2.75, 3.05) is 6.61 Å². The summed E-state index contributed by atoms with van der Waals surface area (Å²) in [7, 11) is 0. The number of hydrogen-bond acceptors (Lipinski definition) is 3.